The molecule has 0 saturated heterocycles. The molecule has 0 radical (unpaired) electrons. The number of hydrogen-bond acceptors (Lipinski definition) is 3. The van der Waals surface area contributed by atoms with Crippen molar-refractivity contribution in [2.45, 2.75) is 57.7 Å². The molecule has 0 saturated carbocycles. The summed E-state index contributed by atoms with van der Waals surface area (Å²) in [5.74, 6) is -2.70. The molecular weight excluding hydrogens is 390 g/mol. The highest BCUT2D eigenvalue weighted by Crippen LogP contribution is 2.32. The van der Waals surface area contributed by atoms with Gasteiger partial charge in [0, 0.05) is 11.6 Å². The van der Waals surface area contributed by atoms with Crippen molar-refractivity contribution in [3.8, 4) is 0 Å². The van der Waals surface area contributed by atoms with Crippen LogP contribution >= 0.6 is 0 Å². The van der Waals surface area contributed by atoms with E-state index in [9.17, 15) is 18.4 Å². The molecule has 0 unspecified atom stereocenters. The molecule has 0 aliphatic heterocycles. The summed E-state index contributed by atoms with van der Waals surface area (Å²) in [6, 6.07) is 9.85. The fourth-order valence-corrected chi connectivity index (χ4v) is 3.64. The van der Waals surface area contributed by atoms with E-state index in [0.29, 0.717) is 6.42 Å². The largest absolute Gasteiger partial charge is 0.444 e. The summed E-state index contributed by atoms with van der Waals surface area (Å²) < 4.78 is 32.7. The van der Waals surface area contributed by atoms with Crippen LogP contribution in [0.25, 0.3) is 0 Å². The Morgan fingerprint density at radius 1 is 1.10 bits per heavy atom. The molecule has 3 rings (SSSR count). The van der Waals surface area contributed by atoms with Gasteiger partial charge in [0.15, 0.2) is 0 Å². The average molecular weight is 416 g/mol. The summed E-state index contributed by atoms with van der Waals surface area (Å²) in [5.41, 5.74) is 1.36. The fraction of sp³-hybridized carbons (Fsp3) is 0.391. The first-order chi connectivity index (χ1) is 14.0. The Hall–Kier alpha value is -2.96. The maximum atomic E-state index is 14.1. The number of benzene rings is 2. The van der Waals surface area contributed by atoms with E-state index in [2.05, 4.69) is 10.6 Å². The van der Waals surface area contributed by atoms with Gasteiger partial charge in [0.05, 0.1) is 18.0 Å². The SMILES string of the molecule is C[C@H](C(=O)N[C@H]1Cc2ccccc2[C@@H]1NC(=O)OC(C)(C)C)c1ccc(F)cc1F. The van der Waals surface area contributed by atoms with Crippen molar-refractivity contribution in [3.05, 3.63) is 70.8 Å². The molecule has 0 aromatic heterocycles. The number of amides is 2. The van der Waals surface area contributed by atoms with Crippen molar-refractivity contribution in [2.75, 3.05) is 0 Å². The summed E-state index contributed by atoms with van der Waals surface area (Å²) in [6.45, 7) is 6.87. The second-order valence-electron chi connectivity index (χ2n) is 8.53. The summed E-state index contributed by atoms with van der Waals surface area (Å²) in [4.78, 5) is 25.2. The van der Waals surface area contributed by atoms with Crippen molar-refractivity contribution < 1.29 is 23.1 Å². The van der Waals surface area contributed by atoms with Crippen LogP contribution in [0.2, 0.25) is 0 Å². The normalized spacial score (nSPS) is 19.0. The third-order valence-electron chi connectivity index (χ3n) is 5.05. The van der Waals surface area contributed by atoms with E-state index in [1.54, 1.807) is 27.7 Å². The van der Waals surface area contributed by atoms with Gasteiger partial charge < -0.3 is 15.4 Å². The number of fused-ring (bicyclic) bond motifs is 1. The Labute approximate surface area is 174 Å². The zero-order valence-electron chi connectivity index (χ0n) is 17.5. The van der Waals surface area contributed by atoms with E-state index in [0.717, 1.165) is 23.3 Å². The molecule has 1 aliphatic carbocycles. The molecule has 2 amide bonds. The molecule has 1 aliphatic rings. The first kappa shape index (κ1) is 21.7. The third kappa shape index (κ3) is 4.96. The van der Waals surface area contributed by atoms with Crippen LogP contribution in [0.5, 0.6) is 0 Å². The first-order valence-electron chi connectivity index (χ1n) is 9.88. The summed E-state index contributed by atoms with van der Waals surface area (Å²) in [7, 11) is 0. The minimum absolute atomic E-state index is 0.112. The van der Waals surface area contributed by atoms with E-state index < -0.39 is 47.2 Å². The molecule has 0 spiro atoms. The van der Waals surface area contributed by atoms with Crippen molar-refractivity contribution in [3.63, 3.8) is 0 Å². The second-order valence-corrected chi connectivity index (χ2v) is 8.53. The topological polar surface area (TPSA) is 67.4 Å². The molecule has 2 aromatic carbocycles. The average Bonchev–Trinajstić information content (AvgIpc) is 2.97. The second kappa shape index (κ2) is 8.42. The first-order valence-corrected chi connectivity index (χ1v) is 9.88. The van der Waals surface area contributed by atoms with Crippen molar-refractivity contribution in [1.29, 1.82) is 0 Å². The minimum Gasteiger partial charge on any atom is -0.444 e. The highest BCUT2D eigenvalue weighted by molar-refractivity contribution is 5.84. The lowest BCUT2D eigenvalue weighted by Crippen LogP contribution is -2.46. The van der Waals surface area contributed by atoms with Crippen LogP contribution in [0.4, 0.5) is 13.6 Å². The van der Waals surface area contributed by atoms with Gasteiger partial charge in [0.2, 0.25) is 5.91 Å². The Morgan fingerprint density at radius 3 is 2.47 bits per heavy atom. The van der Waals surface area contributed by atoms with Gasteiger partial charge in [-0.3, -0.25) is 4.79 Å². The fourth-order valence-electron chi connectivity index (χ4n) is 3.64. The van der Waals surface area contributed by atoms with E-state index >= 15 is 0 Å². The number of carbonyl (C=O) groups is 2. The smallest absolute Gasteiger partial charge is 0.408 e. The number of carbonyl (C=O) groups excluding carboxylic acids is 2. The molecule has 30 heavy (non-hydrogen) atoms. The number of rotatable bonds is 4. The standard InChI is InChI=1S/C23H26F2N2O3/c1-13(16-10-9-15(24)12-18(16)25)21(28)26-19-11-14-7-5-6-8-17(14)20(19)27-22(29)30-23(2,3)4/h5-10,12-13,19-20H,11H2,1-4H3,(H,26,28)(H,27,29)/t13-,19-,20-/m0/s1. The number of ether oxygens (including phenoxy) is 1. The summed E-state index contributed by atoms with van der Waals surface area (Å²) in [6.07, 6.45) is -0.0675. The quantitative estimate of drug-likeness (QED) is 0.778. The number of halogens is 2. The van der Waals surface area contributed by atoms with Crippen LogP contribution in [0.3, 0.4) is 0 Å². The molecule has 5 nitrogen and oxygen atoms in total. The predicted molar refractivity (Wildman–Crippen MR) is 109 cm³/mol. The van der Waals surface area contributed by atoms with Crippen molar-refractivity contribution in [2.24, 2.45) is 0 Å². The monoisotopic (exact) mass is 416 g/mol. The highest BCUT2D eigenvalue weighted by Gasteiger charge is 2.36. The van der Waals surface area contributed by atoms with Crippen LogP contribution in [0.15, 0.2) is 42.5 Å². The molecule has 0 heterocycles. The van der Waals surface area contributed by atoms with Gasteiger partial charge in [-0.15, -0.1) is 0 Å². The summed E-state index contributed by atoms with van der Waals surface area (Å²) >= 11 is 0. The zero-order chi connectivity index (χ0) is 22.1. The van der Waals surface area contributed by atoms with E-state index in [1.165, 1.54) is 6.07 Å². The molecule has 0 fully saturated rings. The van der Waals surface area contributed by atoms with Crippen LogP contribution in [0, 0.1) is 11.6 Å². The van der Waals surface area contributed by atoms with E-state index in [1.807, 2.05) is 24.3 Å². The van der Waals surface area contributed by atoms with Gasteiger partial charge >= 0.3 is 6.09 Å². The highest BCUT2D eigenvalue weighted by atomic mass is 19.1. The Balaban J connectivity index is 1.77. The van der Waals surface area contributed by atoms with Gasteiger partial charge in [0.1, 0.15) is 17.2 Å². The molecule has 160 valence electrons. The predicted octanol–water partition coefficient (Wildman–Crippen LogP) is 4.38. The lowest BCUT2D eigenvalue weighted by Gasteiger charge is -2.27. The van der Waals surface area contributed by atoms with E-state index in [4.69, 9.17) is 4.74 Å². The number of alkyl carbamates (subject to hydrolysis) is 1. The van der Waals surface area contributed by atoms with Crippen LogP contribution in [-0.4, -0.2) is 23.6 Å². The van der Waals surface area contributed by atoms with Crippen LogP contribution < -0.4 is 10.6 Å². The molecular formula is C23H26F2N2O3. The zero-order valence-corrected chi connectivity index (χ0v) is 17.5. The lowest BCUT2D eigenvalue weighted by atomic mass is 9.98. The molecule has 2 N–H and O–H groups in total. The van der Waals surface area contributed by atoms with Crippen LogP contribution in [0.1, 0.15) is 56.3 Å². The summed E-state index contributed by atoms with van der Waals surface area (Å²) in [5, 5.41) is 5.76. The van der Waals surface area contributed by atoms with Gasteiger partial charge in [-0.25, -0.2) is 13.6 Å². The third-order valence-corrected chi connectivity index (χ3v) is 5.05. The van der Waals surface area contributed by atoms with Crippen molar-refractivity contribution >= 4 is 12.0 Å². The molecule has 2 aromatic rings. The molecule has 7 heteroatoms. The number of nitrogens with one attached hydrogen (secondary N) is 2. The Bertz CT molecular complexity index is 956. The Morgan fingerprint density at radius 2 is 1.80 bits per heavy atom. The van der Waals surface area contributed by atoms with Gasteiger partial charge in [0.25, 0.3) is 0 Å². The molecule has 3 atom stereocenters. The van der Waals surface area contributed by atoms with Gasteiger partial charge in [-0.05, 0) is 51.3 Å². The van der Waals surface area contributed by atoms with Crippen LogP contribution in [-0.2, 0) is 16.0 Å². The van der Waals surface area contributed by atoms with Gasteiger partial charge in [-0.2, -0.15) is 0 Å². The number of hydrogen-bond donors (Lipinski definition) is 2. The van der Waals surface area contributed by atoms with E-state index in [-0.39, 0.29) is 5.56 Å². The van der Waals surface area contributed by atoms with Crippen molar-refractivity contribution in [1.82, 2.24) is 10.6 Å². The Kier molecular flexibility index (Phi) is 6.10. The van der Waals surface area contributed by atoms with Gasteiger partial charge in [-0.1, -0.05) is 30.3 Å². The maximum absolute atomic E-state index is 14.1. The minimum atomic E-state index is -0.823. The maximum Gasteiger partial charge on any atom is 0.408 e. The lowest BCUT2D eigenvalue weighted by molar-refractivity contribution is -0.123. The molecule has 0 bridgehead atoms.